The van der Waals surface area contributed by atoms with Crippen molar-refractivity contribution < 1.29 is 27.8 Å². The van der Waals surface area contributed by atoms with Gasteiger partial charge in [-0.2, -0.15) is 13.2 Å². The number of nitrogens with zero attached hydrogens (tertiary/aromatic N) is 1. The fourth-order valence-corrected chi connectivity index (χ4v) is 1.24. The SMILES string of the molecule is COC(CNc1ncccc1C(F)(F)F)C(=O)O. The van der Waals surface area contributed by atoms with Crippen molar-refractivity contribution in [2.75, 3.05) is 19.0 Å². The monoisotopic (exact) mass is 264 g/mol. The van der Waals surface area contributed by atoms with Crippen LogP contribution in [0.15, 0.2) is 18.3 Å². The van der Waals surface area contributed by atoms with E-state index in [1.165, 1.54) is 6.20 Å². The Morgan fingerprint density at radius 1 is 1.61 bits per heavy atom. The Labute approximate surface area is 101 Å². The van der Waals surface area contributed by atoms with Gasteiger partial charge in [0.15, 0.2) is 6.10 Å². The summed E-state index contributed by atoms with van der Waals surface area (Å²) in [6.07, 6.45) is -4.61. The number of alkyl halides is 3. The van der Waals surface area contributed by atoms with Crippen LogP contribution in [0.4, 0.5) is 19.0 Å². The van der Waals surface area contributed by atoms with Gasteiger partial charge in [-0.15, -0.1) is 0 Å². The molecule has 0 aliphatic heterocycles. The molecule has 2 N–H and O–H groups in total. The molecule has 0 aliphatic carbocycles. The van der Waals surface area contributed by atoms with Crippen molar-refractivity contribution in [1.29, 1.82) is 0 Å². The number of rotatable bonds is 5. The van der Waals surface area contributed by atoms with Gasteiger partial charge in [0.05, 0.1) is 12.1 Å². The Balaban J connectivity index is 2.82. The molecule has 1 rings (SSSR count). The Hall–Kier alpha value is -1.83. The predicted octanol–water partition coefficient (Wildman–Crippen LogP) is 1.61. The normalized spacial score (nSPS) is 13.1. The summed E-state index contributed by atoms with van der Waals surface area (Å²) in [5.41, 5.74) is -0.953. The van der Waals surface area contributed by atoms with E-state index in [1.54, 1.807) is 0 Å². The Morgan fingerprint density at radius 2 is 2.28 bits per heavy atom. The highest BCUT2D eigenvalue weighted by atomic mass is 19.4. The van der Waals surface area contributed by atoms with Crippen LogP contribution in [0.3, 0.4) is 0 Å². The molecule has 5 nitrogen and oxygen atoms in total. The number of hydrogen-bond donors (Lipinski definition) is 2. The van der Waals surface area contributed by atoms with Gasteiger partial charge in [0.25, 0.3) is 0 Å². The molecular formula is C10H11F3N2O3. The van der Waals surface area contributed by atoms with Gasteiger partial charge in [-0.3, -0.25) is 0 Å². The van der Waals surface area contributed by atoms with Gasteiger partial charge >= 0.3 is 12.1 Å². The largest absolute Gasteiger partial charge is 0.479 e. The smallest absolute Gasteiger partial charge is 0.419 e. The Morgan fingerprint density at radius 3 is 2.78 bits per heavy atom. The first-order chi connectivity index (χ1) is 8.36. The molecule has 0 saturated heterocycles. The van der Waals surface area contributed by atoms with Gasteiger partial charge in [-0.25, -0.2) is 9.78 Å². The summed E-state index contributed by atoms with van der Waals surface area (Å²) in [6.45, 7) is -0.314. The maximum absolute atomic E-state index is 12.6. The Bertz CT molecular complexity index is 423. The summed E-state index contributed by atoms with van der Waals surface area (Å²) in [7, 11) is 1.16. The molecule has 18 heavy (non-hydrogen) atoms. The lowest BCUT2D eigenvalue weighted by molar-refractivity contribution is -0.147. The van der Waals surface area contributed by atoms with Crippen LogP contribution in [0.25, 0.3) is 0 Å². The molecule has 0 aromatic carbocycles. The second-order valence-electron chi connectivity index (χ2n) is 3.34. The van der Waals surface area contributed by atoms with E-state index in [9.17, 15) is 18.0 Å². The molecular weight excluding hydrogens is 253 g/mol. The average Bonchev–Trinajstić information content (AvgIpc) is 2.28. The first-order valence-electron chi connectivity index (χ1n) is 4.88. The molecule has 0 fully saturated rings. The van der Waals surface area contributed by atoms with Crippen molar-refractivity contribution >= 4 is 11.8 Å². The van der Waals surface area contributed by atoms with Crippen LogP contribution in [0.2, 0.25) is 0 Å². The second kappa shape index (κ2) is 5.67. The molecule has 100 valence electrons. The first-order valence-corrected chi connectivity index (χ1v) is 4.88. The lowest BCUT2D eigenvalue weighted by Crippen LogP contribution is -2.31. The zero-order chi connectivity index (χ0) is 13.8. The van der Waals surface area contributed by atoms with E-state index in [0.717, 1.165) is 19.2 Å². The van der Waals surface area contributed by atoms with Crippen LogP contribution < -0.4 is 5.32 Å². The summed E-state index contributed by atoms with van der Waals surface area (Å²) in [6, 6.07) is 2.01. The number of anilines is 1. The van der Waals surface area contributed by atoms with E-state index in [1.807, 2.05) is 0 Å². The van der Waals surface area contributed by atoms with Gasteiger partial charge in [0, 0.05) is 13.3 Å². The fraction of sp³-hybridized carbons (Fsp3) is 0.400. The number of hydrogen-bond acceptors (Lipinski definition) is 4. The fourth-order valence-electron chi connectivity index (χ4n) is 1.24. The quantitative estimate of drug-likeness (QED) is 0.845. The number of pyridine rings is 1. The minimum absolute atomic E-state index is 0.314. The third-order valence-electron chi connectivity index (χ3n) is 2.13. The van der Waals surface area contributed by atoms with E-state index in [0.29, 0.717) is 0 Å². The third kappa shape index (κ3) is 3.59. The summed E-state index contributed by atoms with van der Waals surface area (Å²) in [4.78, 5) is 14.2. The van der Waals surface area contributed by atoms with Crippen LogP contribution in [-0.4, -0.2) is 35.8 Å². The van der Waals surface area contributed by atoms with E-state index in [-0.39, 0.29) is 6.54 Å². The van der Waals surface area contributed by atoms with E-state index in [2.05, 4.69) is 15.0 Å². The standard InChI is InChI=1S/C10H11F3N2O3/c1-18-7(9(16)17)5-15-8-6(10(11,12)13)3-2-4-14-8/h2-4,7H,5H2,1H3,(H,14,15)(H,16,17). The molecule has 1 unspecified atom stereocenters. The van der Waals surface area contributed by atoms with E-state index >= 15 is 0 Å². The van der Waals surface area contributed by atoms with E-state index in [4.69, 9.17) is 5.11 Å². The Kier molecular flexibility index (Phi) is 4.49. The summed E-state index contributed by atoms with van der Waals surface area (Å²) in [5, 5.41) is 11.0. The zero-order valence-electron chi connectivity index (χ0n) is 9.36. The molecule has 0 radical (unpaired) electrons. The molecule has 0 bridgehead atoms. The molecule has 1 atom stereocenters. The number of ether oxygens (including phenoxy) is 1. The number of carboxylic acid groups (broad SMARTS) is 1. The maximum atomic E-state index is 12.6. The van der Waals surface area contributed by atoms with Crippen LogP contribution in [0, 0.1) is 0 Å². The van der Waals surface area contributed by atoms with Gasteiger partial charge in [0.1, 0.15) is 5.82 Å². The minimum Gasteiger partial charge on any atom is -0.479 e. The molecule has 1 aromatic heterocycles. The van der Waals surface area contributed by atoms with Gasteiger partial charge in [-0.1, -0.05) is 0 Å². The summed E-state index contributed by atoms with van der Waals surface area (Å²) >= 11 is 0. The average molecular weight is 264 g/mol. The number of nitrogens with one attached hydrogen (secondary N) is 1. The molecule has 1 heterocycles. The molecule has 0 spiro atoms. The van der Waals surface area contributed by atoms with Crippen LogP contribution in [0.1, 0.15) is 5.56 Å². The highest BCUT2D eigenvalue weighted by Gasteiger charge is 2.34. The molecule has 8 heteroatoms. The van der Waals surface area contributed by atoms with E-state index < -0.39 is 29.6 Å². The van der Waals surface area contributed by atoms with Gasteiger partial charge < -0.3 is 15.2 Å². The number of carboxylic acids is 1. The zero-order valence-corrected chi connectivity index (χ0v) is 9.36. The van der Waals surface area contributed by atoms with Gasteiger partial charge in [0.2, 0.25) is 0 Å². The summed E-state index contributed by atoms with van der Waals surface area (Å²) < 4.78 is 42.3. The van der Waals surface area contributed by atoms with Crippen molar-refractivity contribution in [3.8, 4) is 0 Å². The molecule has 1 aromatic rings. The first kappa shape index (κ1) is 14.2. The molecule has 0 amide bonds. The van der Waals surface area contributed by atoms with Crippen LogP contribution in [0.5, 0.6) is 0 Å². The lowest BCUT2D eigenvalue weighted by atomic mass is 10.2. The maximum Gasteiger partial charge on any atom is 0.419 e. The van der Waals surface area contributed by atoms with Crippen molar-refractivity contribution in [2.45, 2.75) is 12.3 Å². The minimum atomic E-state index is -4.55. The number of halogens is 3. The topological polar surface area (TPSA) is 71.5 Å². The highest BCUT2D eigenvalue weighted by molar-refractivity contribution is 5.73. The van der Waals surface area contributed by atoms with Crippen molar-refractivity contribution in [3.63, 3.8) is 0 Å². The number of aliphatic carboxylic acids is 1. The highest BCUT2D eigenvalue weighted by Crippen LogP contribution is 2.33. The van der Waals surface area contributed by atoms with Crippen LogP contribution >= 0.6 is 0 Å². The second-order valence-corrected chi connectivity index (χ2v) is 3.34. The van der Waals surface area contributed by atoms with Crippen LogP contribution in [-0.2, 0) is 15.7 Å². The van der Waals surface area contributed by atoms with Gasteiger partial charge in [-0.05, 0) is 12.1 Å². The van der Waals surface area contributed by atoms with Crippen molar-refractivity contribution in [3.05, 3.63) is 23.9 Å². The number of carbonyl (C=O) groups is 1. The third-order valence-corrected chi connectivity index (χ3v) is 2.13. The number of methoxy groups -OCH3 is 1. The lowest BCUT2D eigenvalue weighted by Gasteiger charge is -2.15. The predicted molar refractivity (Wildman–Crippen MR) is 56.2 cm³/mol. The molecule has 0 saturated carbocycles. The summed E-state index contributed by atoms with van der Waals surface area (Å²) in [5.74, 6) is -1.69. The van der Waals surface area contributed by atoms with Crippen molar-refractivity contribution in [1.82, 2.24) is 4.98 Å². The number of aromatic nitrogens is 1. The van der Waals surface area contributed by atoms with Crippen molar-refractivity contribution in [2.24, 2.45) is 0 Å². The molecule has 0 aliphatic rings.